The zero-order valence-electron chi connectivity index (χ0n) is 15.5. The maximum atomic E-state index is 12.6. The lowest BCUT2D eigenvalue weighted by Crippen LogP contribution is -2.20. The third kappa shape index (κ3) is 6.18. The minimum atomic E-state index is -3.89. The van der Waals surface area contributed by atoms with Gasteiger partial charge < -0.3 is 10.1 Å². The first-order chi connectivity index (χ1) is 14.7. The molecule has 0 aliphatic carbocycles. The van der Waals surface area contributed by atoms with Crippen molar-refractivity contribution in [3.8, 4) is 5.75 Å². The minimum absolute atomic E-state index is 0.0163. The fraction of sp³-hybridized carbons (Fsp3) is 0.0500. The Morgan fingerprint density at radius 3 is 2.13 bits per heavy atom. The lowest BCUT2D eigenvalue weighted by Gasteiger charge is -2.12. The van der Waals surface area contributed by atoms with Gasteiger partial charge in [0.2, 0.25) is 0 Å². The van der Waals surface area contributed by atoms with Crippen molar-refractivity contribution in [3.63, 3.8) is 0 Å². The second kappa shape index (κ2) is 9.97. The number of hydrogen-bond donors (Lipinski definition) is 2. The van der Waals surface area contributed by atoms with Gasteiger partial charge in [0, 0.05) is 10.7 Å². The van der Waals surface area contributed by atoms with Crippen LogP contribution in [0.4, 0.5) is 11.4 Å². The highest BCUT2D eigenvalue weighted by atomic mass is 35.5. The van der Waals surface area contributed by atoms with E-state index in [-0.39, 0.29) is 31.4 Å². The average Bonchev–Trinajstić information content (AvgIpc) is 2.71. The molecule has 3 rings (SSSR count). The van der Waals surface area contributed by atoms with Gasteiger partial charge in [-0.3, -0.25) is 9.52 Å². The number of benzene rings is 3. The molecule has 162 valence electrons. The summed E-state index contributed by atoms with van der Waals surface area (Å²) in [4.78, 5) is 12.1. The number of anilines is 2. The molecule has 1 amide bonds. The van der Waals surface area contributed by atoms with Crippen LogP contribution in [0.5, 0.6) is 5.75 Å². The van der Waals surface area contributed by atoms with Crippen LogP contribution in [0.3, 0.4) is 0 Å². The first-order valence-corrected chi connectivity index (χ1v) is 11.6. The standard InChI is InChI=1S/C20H14Cl4N2O4S/c21-12-4-6-13(7-5-12)26-31(28,29)14-8-9-18(17(24)10-14)30-11-19(27)25-20-15(22)2-1-3-16(20)23/h1-10,26H,11H2,(H,25,27). The molecule has 0 saturated heterocycles. The Hall–Kier alpha value is -2.16. The van der Waals surface area contributed by atoms with E-state index < -0.39 is 22.5 Å². The number of ether oxygens (including phenoxy) is 1. The first kappa shape index (κ1) is 23.5. The van der Waals surface area contributed by atoms with E-state index in [4.69, 9.17) is 51.1 Å². The van der Waals surface area contributed by atoms with Gasteiger partial charge in [-0.2, -0.15) is 0 Å². The van der Waals surface area contributed by atoms with Crippen LogP contribution in [0, 0.1) is 0 Å². The number of amides is 1. The van der Waals surface area contributed by atoms with Crippen molar-refractivity contribution in [2.45, 2.75) is 4.90 Å². The molecule has 0 spiro atoms. The molecule has 0 aliphatic heterocycles. The summed E-state index contributed by atoms with van der Waals surface area (Å²) in [5.41, 5.74) is 0.607. The van der Waals surface area contributed by atoms with Crippen molar-refractivity contribution >= 4 is 73.7 Å². The lowest BCUT2D eigenvalue weighted by atomic mass is 10.3. The predicted molar refractivity (Wildman–Crippen MR) is 124 cm³/mol. The number of carbonyl (C=O) groups excluding carboxylic acids is 1. The molecule has 0 saturated carbocycles. The SMILES string of the molecule is O=C(COc1ccc(S(=O)(=O)Nc2ccc(Cl)cc2)cc1Cl)Nc1c(Cl)cccc1Cl. The molecule has 3 aromatic rings. The molecule has 0 fully saturated rings. The van der Waals surface area contributed by atoms with Crippen LogP contribution < -0.4 is 14.8 Å². The number of para-hydroxylation sites is 1. The number of hydrogen-bond acceptors (Lipinski definition) is 4. The average molecular weight is 520 g/mol. The molecule has 31 heavy (non-hydrogen) atoms. The number of carbonyl (C=O) groups is 1. The van der Waals surface area contributed by atoms with Crippen LogP contribution in [-0.2, 0) is 14.8 Å². The third-order valence-electron chi connectivity index (χ3n) is 3.90. The van der Waals surface area contributed by atoms with E-state index in [0.29, 0.717) is 10.7 Å². The Balaban J connectivity index is 1.66. The molecule has 6 nitrogen and oxygen atoms in total. The summed E-state index contributed by atoms with van der Waals surface area (Å²) in [7, 11) is -3.89. The van der Waals surface area contributed by atoms with Crippen LogP contribution in [0.15, 0.2) is 65.6 Å². The third-order valence-corrected chi connectivity index (χ3v) is 6.45. The van der Waals surface area contributed by atoms with Gasteiger partial charge in [-0.25, -0.2) is 8.42 Å². The Bertz CT molecular complexity index is 1200. The summed E-state index contributed by atoms with van der Waals surface area (Å²) < 4.78 is 32.9. The van der Waals surface area contributed by atoms with Gasteiger partial charge in [-0.15, -0.1) is 0 Å². The van der Waals surface area contributed by atoms with E-state index >= 15 is 0 Å². The summed E-state index contributed by atoms with van der Waals surface area (Å²) in [5.74, 6) is -0.389. The first-order valence-electron chi connectivity index (χ1n) is 8.60. The van der Waals surface area contributed by atoms with Crippen molar-refractivity contribution in [1.29, 1.82) is 0 Å². The fourth-order valence-electron chi connectivity index (χ4n) is 2.43. The summed E-state index contributed by atoms with van der Waals surface area (Å²) in [6.07, 6.45) is 0. The van der Waals surface area contributed by atoms with Gasteiger partial charge >= 0.3 is 0 Å². The van der Waals surface area contributed by atoms with Gasteiger partial charge in [0.1, 0.15) is 5.75 Å². The van der Waals surface area contributed by atoms with E-state index in [0.717, 1.165) is 0 Å². The summed E-state index contributed by atoms with van der Waals surface area (Å²) >= 11 is 24.0. The molecule has 11 heteroatoms. The van der Waals surface area contributed by atoms with E-state index in [1.165, 1.54) is 30.3 Å². The van der Waals surface area contributed by atoms with Crippen molar-refractivity contribution in [3.05, 3.63) is 80.8 Å². The van der Waals surface area contributed by atoms with Gasteiger partial charge in [0.05, 0.1) is 25.7 Å². The van der Waals surface area contributed by atoms with Crippen LogP contribution in [0.1, 0.15) is 0 Å². The van der Waals surface area contributed by atoms with Crippen molar-refractivity contribution < 1.29 is 17.9 Å². The zero-order valence-corrected chi connectivity index (χ0v) is 19.4. The quantitative estimate of drug-likeness (QED) is 0.394. The molecule has 0 atom stereocenters. The summed E-state index contributed by atoms with van der Waals surface area (Å²) in [5, 5.41) is 3.60. The van der Waals surface area contributed by atoms with Gasteiger partial charge in [-0.05, 0) is 54.6 Å². The molecular weight excluding hydrogens is 506 g/mol. The monoisotopic (exact) mass is 518 g/mol. The zero-order chi connectivity index (χ0) is 22.6. The Morgan fingerprint density at radius 2 is 1.52 bits per heavy atom. The topological polar surface area (TPSA) is 84.5 Å². The highest BCUT2D eigenvalue weighted by molar-refractivity contribution is 7.92. The van der Waals surface area contributed by atoms with E-state index in [2.05, 4.69) is 10.0 Å². The van der Waals surface area contributed by atoms with Crippen LogP contribution in [0.2, 0.25) is 20.1 Å². The number of nitrogens with one attached hydrogen (secondary N) is 2. The summed E-state index contributed by atoms with van der Waals surface area (Å²) in [6, 6.07) is 14.9. The molecule has 2 N–H and O–H groups in total. The number of sulfonamides is 1. The lowest BCUT2D eigenvalue weighted by molar-refractivity contribution is -0.118. The second-order valence-electron chi connectivity index (χ2n) is 6.14. The van der Waals surface area contributed by atoms with E-state index in [9.17, 15) is 13.2 Å². The van der Waals surface area contributed by atoms with Crippen molar-refractivity contribution in [1.82, 2.24) is 0 Å². The maximum absolute atomic E-state index is 12.6. The van der Waals surface area contributed by atoms with Crippen LogP contribution in [-0.4, -0.2) is 20.9 Å². The van der Waals surface area contributed by atoms with Crippen molar-refractivity contribution in [2.24, 2.45) is 0 Å². The normalized spacial score (nSPS) is 11.1. The fourth-order valence-corrected chi connectivity index (χ4v) is 4.44. The predicted octanol–water partition coefficient (Wildman–Crippen LogP) is 6.12. The smallest absolute Gasteiger partial charge is 0.262 e. The largest absolute Gasteiger partial charge is 0.482 e. The Labute approximate surface area is 199 Å². The number of rotatable bonds is 7. The van der Waals surface area contributed by atoms with E-state index in [1.54, 1.807) is 30.3 Å². The molecule has 0 bridgehead atoms. The molecular formula is C20H14Cl4N2O4S. The Kier molecular flexibility index (Phi) is 7.56. The van der Waals surface area contributed by atoms with Gasteiger partial charge in [0.25, 0.3) is 15.9 Å². The van der Waals surface area contributed by atoms with Crippen LogP contribution >= 0.6 is 46.4 Å². The second-order valence-corrected chi connectivity index (χ2v) is 9.48. The highest BCUT2D eigenvalue weighted by Crippen LogP contribution is 2.31. The minimum Gasteiger partial charge on any atom is -0.482 e. The molecule has 3 aromatic carbocycles. The Morgan fingerprint density at radius 1 is 0.871 bits per heavy atom. The van der Waals surface area contributed by atoms with E-state index in [1.807, 2.05) is 0 Å². The molecule has 0 unspecified atom stereocenters. The molecule has 0 radical (unpaired) electrons. The molecule has 0 heterocycles. The van der Waals surface area contributed by atoms with Gasteiger partial charge in [0.15, 0.2) is 6.61 Å². The van der Waals surface area contributed by atoms with Crippen LogP contribution in [0.25, 0.3) is 0 Å². The molecule has 0 aliphatic rings. The molecule has 0 aromatic heterocycles. The summed E-state index contributed by atoms with van der Waals surface area (Å²) in [6.45, 7) is -0.392. The van der Waals surface area contributed by atoms with Crippen molar-refractivity contribution in [2.75, 3.05) is 16.6 Å². The highest BCUT2D eigenvalue weighted by Gasteiger charge is 2.17. The van der Waals surface area contributed by atoms with Gasteiger partial charge in [-0.1, -0.05) is 52.5 Å². The maximum Gasteiger partial charge on any atom is 0.262 e. The number of halogens is 4.